The summed E-state index contributed by atoms with van der Waals surface area (Å²) in [7, 11) is 0. The van der Waals surface area contributed by atoms with Gasteiger partial charge in [0.25, 0.3) is 0 Å². The number of ether oxygens (including phenoxy) is 2. The number of aliphatic carboxylic acids is 1. The van der Waals surface area contributed by atoms with Gasteiger partial charge in [-0.2, -0.15) is 0 Å². The van der Waals surface area contributed by atoms with Crippen LogP contribution in [0.15, 0.2) is 48.5 Å². The number of carbonyl (C=O) groups is 3. The maximum absolute atomic E-state index is 12.6. The lowest BCUT2D eigenvalue weighted by Gasteiger charge is -2.20. The van der Waals surface area contributed by atoms with Crippen molar-refractivity contribution in [1.29, 1.82) is 0 Å². The second-order valence-corrected chi connectivity index (χ2v) is 9.58. The number of benzene rings is 2. The first kappa shape index (κ1) is 23.4. The average Bonchev–Trinajstić information content (AvgIpc) is 3.51. The molecule has 2 aromatic carbocycles. The Kier molecular flexibility index (Phi) is 6.72. The highest BCUT2D eigenvalue weighted by Crippen LogP contribution is 2.44. The van der Waals surface area contributed by atoms with Gasteiger partial charge in [0.1, 0.15) is 12.7 Å². The van der Waals surface area contributed by atoms with Gasteiger partial charge in [-0.3, -0.25) is 9.59 Å². The van der Waals surface area contributed by atoms with Gasteiger partial charge in [-0.25, -0.2) is 4.79 Å². The first-order valence-corrected chi connectivity index (χ1v) is 12.3. The van der Waals surface area contributed by atoms with Gasteiger partial charge in [0, 0.05) is 18.5 Å². The Morgan fingerprint density at radius 3 is 2.26 bits per heavy atom. The molecule has 2 aromatic rings. The van der Waals surface area contributed by atoms with Crippen LogP contribution in [0.5, 0.6) is 0 Å². The molecule has 1 saturated carbocycles. The number of alkyl carbamates (subject to hydrolysis) is 1. The highest BCUT2D eigenvalue weighted by molar-refractivity contribution is 5.82. The molecule has 0 spiro atoms. The standard InChI is InChI=1S/C27H30N2O6/c30-25(31)13-23(16-9-10-16)29-26(32)24-12-11-17(35-24)14-28-27(33)34-15-22-20-7-3-1-5-18(20)19-6-2-4-8-21(19)22/h1-8,16-17,22-24H,9-15H2,(H,28,33)(H,29,32)(H,30,31). The summed E-state index contributed by atoms with van der Waals surface area (Å²) in [5, 5.41) is 14.7. The van der Waals surface area contributed by atoms with Crippen LogP contribution >= 0.6 is 0 Å². The molecule has 0 aromatic heterocycles. The predicted molar refractivity (Wildman–Crippen MR) is 128 cm³/mol. The molecular weight excluding hydrogens is 448 g/mol. The fourth-order valence-corrected chi connectivity index (χ4v) is 5.19. The lowest BCUT2D eigenvalue weighted by molar-refractivity contribution is -0.138. The van der Waals surface area contributed by atoms with Crippen molar-refractivity contribution in [3.8, 4) is 11.1 Å². The first-order chi connectivity index (χ1) is 17.0. The van der Waals surface area contributed by atoms with E-state index in [1.54, 1.807) is 0 Å². The van der Waals surface area contributed by atoms with Crippen molar-refractivity contribution in [3.63, 3.8) is 0 Å². The highest BCUT2D eigenvalue weighted by Gasteiger charge is 2.37. The van der Waals surface area contributed by atoms with Crippen LogP contribution in [0.3, 0.4) is 0 Å². The van der Waals surface area contributed by atoms with Crippen molar-refractivity contribution in [2.24, 2.45) is 5.92 Å². The molecule has 1 saturated heterocycles. The fraction of sp³-hybridized carbons (Fsp3) is 0.444. The molecule has 3 unspecified atom stereocenters. The van der Waals surface area contributed by atoms with E-state index < -0.39 is 18.2 Å². The molecule has 8 heteroatoms. The van der Waals surface area contributed by atoms with Crippen molar-refractivity contribution in [1.82, 2.24) is 10.6 Å². The van der Waals surface area contributed by atoms with Crippen LogP contribution in [0.2, 0.25) is 0 Å². The summed E-state index contributed by atoms with van der Waals surface area (Å²) in [4.78, 5) is 36.0. The van der Waals surface area contributed by atoms with Crippen LogP contribution in [0.1, 0.15) is 49.1 Å². The lowest BCUT2D eigenvalue weighted by atomic mass is 9.98. The summed E-state index contributed by atoms with van der Waals surface area (Å²) in [6.07, 6.45) is 1.55. The number of hydrogen-bond donors (Lipinski definition) is 3. The maximum atomic E-state index is 12.6. The predicted octanol–water partition coefficient (Wildman–Crippen LogP) is 3.44. The zero-order valence-corrected chi connectivity index (χ0v) is 19.4. The summed E-state index contributed by atoms with van der Waals surface area (Å²) < 4.78 is 11.4. The van der Waals surface area contributed by atoms with Crippen LogP contribution in [-0.4, -0.2) is 54.5 Å². The minimum Gasteiger partial charge on any atom is -0.481 e. The Morgan fingerprint density at radius 1 is 0.971 bits per heavy atom. The molecule has 8 nitrogen and oxygen atoms in total. The van der Waals surface area contributed by atoms with Crippen molar-refractivity contribution in [3.05, 3.63) is 59.7 Å². The normalized spacial score (nSPS) is 21.6. The molecule has 0 radical (unpaired) electrons. The highest BCUT2D eigenvalue weighted by atomic mass is 16.5. The number of hydrogen-bond acceptors (Lipinski definition) is 5. The van der Waals surface area contributed by atoms with E-state index in [9.17, 15) is 14.4 Å². The van der Waals surface area contributed by atoms with Crippen molar-refractivity contribution in [2.75, 3.05) is 13.2 Å². The van der Waals surface area contributed by atoms with Crippen LogP contribution in [0.25, 0.3) is 11.1 Å². The van der Waals surface area contributed by atoms with E-state index in [-0.39, 0.29) is 49.5 Å². The maximum Gasteiger partial charge on any atom is 0.407 e. The Bertz CT molecular complexity index is 1070. The number of carboxylic acid groups (broad SMARTS) is 1. The molecule has 2 amide bonds. The second-order valence-electron chi connectivity index (χ2n) is 9.58. The molecule has 184 valence electrons. The number of carbonyl (C=O) groups excluding carboxylic acids is 2. The lowest BCUT2D eigenvalue weighted by Crippen LogP contribution is -2.44. The molecule has 1 aliphatic heterocycles. The van der Waals surface area contributed by atoms with Gasteiger partial charge < -0.3 is 25.2 Å². The van der Waals surface area contributed by atoms with Crippen LogP contribution in [0, 0.1) is 5.92 Å². The van der Waals surface area contributed by atoms with Gasteiger partial charge in [-0.1, -0.05) is 48.5 Å². The SMILES string of the molecule is O=C(O)CC(NC(=O)C1CCC(CNC(=O)OCC2c3ccccc3-c3ccccc32)O1)C1CC1. The van der Waals surface area contributed by atoms with Crippen LogP contribution in [0.4, 0.5) is 4.79 Å². The number of carboxylic acids is 1. The molecular formula is C27H30N2O6. The average molecular weight is 479 g/mol. The molecule has 35 heavy (non-hydrogen) atoms. The third kappa shape index (κ3) is 5.32. The molecule has 3 atom stereocenters. The molecule has 3 aliphatic rings. The molecule has 1 heterocycles. The minimum atomic E-state index is -0.917. The Balaban J connectivity index is 1.08. The quantitative estimate of drug-likeness (QED) is 0.509. The third-order valence-electron chi connectivity index (χ3n) is 7.13. The molecule has 3 N–H and O–H groups in total. The summed E-state index contributed by atoms with van der Waals surface area (Å²) in [5.74, 6) is -0.955. The van der Waals surface area contributed by atoms with Gasteiger partial charge >= 0.3 is 12.1 Å². The van der Waals surface area contributed by atoms with E-state index in [2.05, 4.69) is 34.9 Å². The first-order valence-electron chi connectivity index (χ1n) is 12.3. The molecule has 2 aliphatic carbocycles. The van der Waals surface area contributed by atoms with E-state index in [4.69, 9.17) is 14.6 Å². The molecule has 0 bridgehead atoms. The molecule has 2 fully saturated rings. The van der Waals surface area contributed by atoms with E-state index in [0.29, 0.717) is 12.8 Å². The summed E-state index contributed by atoms with van der Waals surface area (Å²) in [6, 6.07) is 16.0. The fourth-order valence-electron chi connectivity index (χ4n) is 5.19. The van der Waals surface area contributed by atoms with Crippen LogP contribution in [-0.2, 0) is 19.1 Å². The third-order valence-corrected chi connectivity index (χ3v) is 7.13. The number of rotatable bonds is 9. The van der Waals surface area contributed by atoms with Gasteiger partial charge in [-0.15, -0.1) is 0 Å². The smallest absolute Gasteiger partial charge is 0.407 e. The van der Waals surface area contributed by atoms with Gasteiger partial charge in [0.15, 0.2) is 0 Å². The van der Waals surface area contributed by atoms with Crippen molar-refractivity contribution >= 4 is 18.0 Å². The van der Waals surface area contributed by atoms with E-state index in [0.717, 1.165) is 24.0 Å². The largest absolute Gasteiger partial charge is 0.481 e. The van der Waals surface area contributed by atoms with E-state index >= 15 is 0 Å². The summed E-state index contributed by atoms with van der Waals surface area (Å²) >= 11 is 0. The Labute approximate surface area is 204 Å². The summed E-state index contributed by atoms with van der Waals surface area (Å²) in [5.41, 5.74) is 4.66. The monoisotopic (exact) mass is 478 g/mol. The zero-order chi connectivity index (χ0) is 24.4. The van der Waals surface area contributed by atoms with Crippen LogP contribution < -0.4 is 10.6 Å². The Hall–Kier alpha value is -3.39. The molecule has 5 rings (SSSR count). The Morgan fingerprint density at radius 2 is 1.63 bits per heavy atom. The van der Waals surface area contributed by atoms with Crippen molar-refractivity contribution in [2.45, 2.75) is 56.3 Å². The van der Waals surface area contributed by atoms with Crippen molar-refractivity contribution < 1.29 is 29.0 Å². The van der Waals surface area contributed by atoms with Gasteiger partial charge in [0.05, 0.1) is 12.5 Å². The van der Waals surface area contributed by atoms with Gasteiger partial charge in [-0.05, 0) is 53.9 Å². The minimum absolute atomic E-state index is 0.00540. The number of nitrogens with one attached hydrogen (secondary N) is 2. The summed E-state index contributed by atoms with van der Waals surface area (Å²) in [6.45, 7) is 0.490. The second kappa shape index (κ2) is 10.1. The number of amides is 2. The van der Waals surface area contributed by atoms with E-state index in [1.807, 2.05) is 24.3 Å². The topological polar surface area (TPSA) is 114 Å². The number of fused-ring (bicyclic) bond motifs is 3. The zero-order valence-electron chi connectivity index (χ0n) is 19.4. The van der Waals surface area contributed by atoms with Gasteiger partial charge in [0.2, 0.25) is 5.91 Å². The van der Waals surface area contributed by atoms with E-state index in [1.165, 1.54) is 11.1 Å².